The van der Waals surface area contributed by atoms with E-state index < -0.39 is 14.0 Å². The fourth-order valence-electron chi connectivity index (χ4n) is 1.37. The molecule has 0 fully saturated rings. The third-order valence-electron chi connectivity index (χ3n) is 2.39. The fraction of sp³-hybridized carbons (Fsp3) is 0.286. The first-order valence-electron chi connectivity index (χ1n) is 5.61. The highest BCUT2D eigenvalue weighted by Gasteiger charge is 2.11. The Morgan fingerprint density at radius 1 is 1.33 bits per heavy atom. The fourth-order valence-corrected chi connectivity index (χ4v) is 1.88. The van der Waals surface area contributed by atoms with E-state index >= 15 is 0 Å². The normalized spacial score (nSPS) is 10.4. The molecule has 1 aromatic carbocycles. The van der Waals surface area contributed by atoms with E-state index in [2.05, 4.69) is 31.1 Å². The average Bonchev–Trinajstić information content (AvgIpc) is 2.26. The van der Waals surface area contributed by atoms with Crippen molar-refractivity contribution in [2.75, 3.05) is 0 Å². The summed E-state index contributed by atoms with van der Waals surface area (Å²) in [6.45, 7) is 8.11. The summed E-state index contributed by atoms with van der Waals surface area (Å²) >= 11 is 0. The van der Waals surface area contributed by atoms with Crippen molar-refractivity contribution in [3.8, 4) is 11.5 Å². The smallest absolute Gasteiger partial charge is 0.335 e. The van der Waals surface area contributed by atoms with Gasteiger partial charge in [-0.3, -0.25) is 4.79 Å². The Labute approximate surface area is 108 Å². The first-order chi connectivity index (χ1) is 8.24. The summed E-state index contributed by atoms with van der Waals surface area (Å²) in [6, 6.07) is 2.90. The lowest BCUT2D eigenvalue weighted by molar-refractivity contribution is 0.0697. The van der Waals surface area contributed by atoms with E-state index in [1.807, 2.05) is 0 Å². The molecule has 0 radical (unpaired) electrons. The van der Waals surface area contributed by atoms with Crippen molar-refractivity contribution in [3.63, 3.8) is 0 Å². The van der Waals surface area contributed by atoms with Gasteiger partial charge in [0.25, 0.3) is 0 Å². The predicted molar refractivity (Wildman–Crippen MR) is 73.7 cm³/mol. The minimum absolute atomic E-state index is 0.0996. The number of hydrogen-bond acceptors (Lipinski definition) is 2. The number of carboxylic acid groups (broad SMARTS) is 1. The zero-order valence-electron chi connectivity index (χ0n) is 11.0. The predicted octanol–water partition coefficient (Wildman–Crippen LogP) is 2.73. The lowest BCUT2D eigenvalue weighted by Gasteiger charge is -2.07. The van der Waals surface area contributed by atoms with E-state index in [0.29, 0.717) is 17.4 Å². The summed E-state index contributed by atoms with van der Waals surface area (Å²) in [5, 5.41) is 8.99. The van der Waals surface area contributed by atoms with Crippen LogP contribution in [0.3, 0.4) is 0 Å². The lowest BCUT2D eigenvalue weighted by Crippen LogP contribution is -2.16. The number of hydrogen-bond donors (Lipinski definition) is 1. The van der Waals surface area contributed by atoms with Gasteiger partial charge in [0.2, 0.25) is 0 Å². The zero-order chi connectivity index (χ0) is 13.9. The van der Waals surface area contributed by atoms with Gasteiger partial charge in [-0.1, -0.05) is 25.6 Å². The van der Waals surface area contributed by atoms with Gasteiger partial charge < -0.3 is 5.11 Å². The maximum absolute atomic E-state index is 11.0. The van der Waals surface area contributed by atoms with Crippen molar-refractivity contribution in [1.82, 2.24) is 0 Å². The standard InChI is InChI=1S/C14H16O3Si/c1-10-11(5-6-18(2,3)4)7-12(14(16)17)8-13(10)9-15/h7-9H,1-4H3,(H,16,17). The number of aldehydes is 1. The number of carbonyl (C=O) groups is 2. The Balaban J connectivity index is 3.42. The van der Waals surface area contributed by atoms with Gasteiger partial charge in [-0.05, 0) is 24.6 Å². The number of rotatable bonds is 2. The first kappa shape index (κ1) is 14.2. The lowest BCUT2D eigenvalue weighted by atomic mass is 10.00. The number of benzene rings is 1. The highest BCUT2D eigenvalue weighted by molar-refractivity contribution is 6.83. The second-order valence-electron chi connectivity index (χ2n) is 5.16. The van der Waals surface area contributed by atoms with E-state index in [9.17, 15) is 9.59 Å². The molecular formula is C14H16O3Si. The van der Waals surface area contributed by atoms with Gasteiger partial charge in [0, 0.05) is 11.1 Å². The highest BCUT2D eigenvalue weighted by Crippen LogP contribution is 2.15. The van der Waals surface area contributed by atoms with Crippen LogP contribution in [0, 0.1) is 18.4 Å². The molecule has 0 heterocycles. The molecule has 94 valence electrons. The minimum atomic E-state index is -1.53. The average molecular weight is 260 g/mol. The molecule has 0 saturated heterocycles. The quantitative estimate of drug-likeness (QED) is 0.505. The summed E-state index contributed by atoms with van der Waals surface area (Å²) in [4.78, 5) is 21.9. The molecule has 0 aliphatic carbocycles. The zero-order valence-corrected chi connectivity index (χ0v) is 12.0. The Kier molecular flexibility index (Phi) is 4.10. The molecule has 0 aliphatic heterocycles. The van der Waals surface area contributed by atoms with Crippen LogP contribution in [0.25, 0.3) is 0 Å². The summed E-state index contributed by atoms with van der Waals surface area (Å²) in [5.41, 5.74) is 5.02. The molecule has 0 aliphatic rings. The Hall–Kier alpha value is -1.86. The molecule has 0 aromatic heterocycles. The van der Waals surface area contributed by atoms with Crippen LogP contribution in [0.5, 0.6) is 0 Å². The molecule has 4 heteroatoms. The molecule has 1 aromatic rings. The van der Waals surface area contributed by atoms with E-state index in [1.54, 1.807) is 6.92 Å². The van der Waals surface area contributed by atoms with Crippen LogP contribution in [0.4, 0.5) is 0 Å². The second-order valence-corrected chi connectivity index (χ2v) is 9.91. The van der Waals surface area contributed by atoms with E-state index in [4.69, 9.17) is 5.11 Å². The van der Waals surface area contributed by atoms with Gasteiger partial charge in [-0.2, -0.15) is 0 Å². The molecule has 1 rings (SSSR count). The van der Waals surface area contributed by atoms with Crippen LogP contribution in [0.2, 0.25) is 19.6 Å². The van der Waals surface area contributed by atoms with Gasteiger partial charge in [0.1, 0.15) is 14.4 Å². The van der Waals surface area contributed by atoms with Gasteiger partial charge >= 0.3 is 5.97 Å². The van der Waals surface area contributed by atoms with Crippen LogP contribution in [-0.2, 0) is 0 Å². The van der Waals surface area contributed by atoms with Gasteiger partial charge in [-0.15, -0.1) is 5.54 Å². The Morgan fingerprint density at radius 2 is 1.94 bits per heavy atom. The molecule has 18 heavy (non-hydrogen) atoms. The van der Waals surface area contributed by atoms with Gasteiger partial charge in [-0.25, -0.2) is 4.79 Å². The van der Waals surface area contributed by atoms with E-state index in [-0.39, 0.29) is 5.56 Å². The van der Waals surface area contributed by atoms with Gasteiger partial charge in [0.15, 0.2) is 0 Å². The summed E-state index contributed by atoms with van der Waals surface area (Å²) in [5.74, 6) is 1.97. The van der Waals surface area contributed by atoms with Crippen LogP contribution >= 0.6 is 0 Å². The van der Waals surface area contributed by atoms with Crippen molar-refractivity contribution in [2.24, 2.45) is 0 Å². The van der Waals surface area contributed by atoms with Gasteiger partial charge in [0.05, 0.1) is 5.56 Å². The van der Waals surface area contributed by atoms with Crippen molar-refractivity contribution in [2.45, 2.75) is 26.6 Å². The molecule has 1 N–H and O–H groups in total. The van der Waals surface area contributed by atoms with Crippen LogP contribution in [0.1, 0.15) is 31.8 Å². The Morgan fingerprint density at radius 3 is 2.39 bits per heavy atom. The first-order valence-corrected chi connectivity index (χ1v) is 9.11. The third kappa shape index (κ3) is 3.57. The Bertz CT molecular complexity index is 557. The van der Waals surface area contributed by atoms with E-state index in [0.717, 1.165) is 5.56 Å². The van der Waals surface area contributed by atoms with Crippen LogP contribution < -0.4 is 0 Å². The summed E-state index contributed by atoms with van der Waals surface area (Å²) < 4.78 is 0. The molecule has 0 atom stereocenters. The molecule has 0 amide bonds. The SMILES string of the molecule is Cc1c(C#C[Si](C)(C)C)cc(C(=O)O)cc1C=O. The largest absolute Gasteiger partial charge is 0.478 e. The van der Waals surface area contributed by atoms with Crippen molar-refractivity contribution in [3.05, 3.63) is 34.4 Å². The minimum Gasteiger partial charge on any atom is -0.478 e. The van der Waals surface area contributed by atoms with Crippen molar-refractivity contribution < 1.29 is 14.7 Å². The van der Waals surface area contributed by atoms with Crippen LogP contribution in [0.15, 0.2) is 12.1 Å². The summed E-state index contributed by atoms with van der Waals surface area (Å²) in [6.07, 6.45) is 0.668. The topological polar surface area (TPSA) is 54.4 Å². The van der Waals surface area contributed by atoms with E-state index in [1.165, 1.54) is 12.1 Å². The maximum atomic E-state index is 11.0. The molecule has 0 bridgehead atoms. The third-order valence-corrected chi connectivity index (χ3v) is 3.27. The van der Waals surface area contributed by atoms with Crippen molar-refractivity contribution >= 4 is 20.3 Å². The molecule has 0 saturated carbocycles. The maximum Gasteiger partial charge on any atom is 0.335 e. The molecule has 0 unspecified atom stereocenters. The monoisotopic (exact) mass is 260 g/mol. The summed E-state index contributed by atoms with van der Waals surface area (Å²) in [7, 11) is -1.53. The molecule has 0 spiro atoms. The number of carbonyl (C=O) groups excluding carboxylic acids is 1. The highest BCUT2D eigenvalue weighted by atomic mass is 28.3. The molecular weight excluding hydrogens is 244 g/mol. The molecule has 3 nitrogen and oxygen atoms in total. The number of aromatic carboxylic acids is 1. The second kappa shape index (κ2) is 5.19. The van der Waals surface area contributed by atoms with Crippen molar-refractivity contribution in [1.29, 1.82) is 0 Å². The number of carboxylic acids is 1. The van der Waals surface area contributed by atoms with Crippen LogP contribution in [-0.4, -0.2) is 25.4 Å².